The third-order valence-corrected chi connectivity index (χ3v) is 2.72. The summed E-state index contributed by atoms with van der Waals surface area (Å²) in [5.41, 5.74) is 0. The van der Waals surface area contributed by atoms with Crippen LogP contribution in [0.1, 0.15) is 26.7 Å². The van der Waals surface area contributed by atoms with Gasteiger partial charge in [0.2, 0.25) is 0 Å². The van der Waals surface area contributed by atoms with Crippen LogP contribution in [0.15, 0.2) is 0 Å². The number of carbonyl (C=O) groups excluding carboxylic acids is 2. The molecule has 0 aliphatic carbocycles. The molecule has 21 heavy (non-hydrogen) atoms. The van der Waals surface area contributed by atoms with E-state index in [0.29, 0.717) is 6.42 Å². The highest BCUT2D eigenvalue weighted by Crippen LogP contribution is 2.00. The Balaban J connectivity index is 4.60. The van der Waals surface area contributed by atoms with Crippen LogP contribution in [0.3, 0.4) is 0 Å². The maximum absolute atomic E-state index is 12.1. The van der Waals surface area contributed by atoms with Crippen LogP contribution in [0.25, 0.3) is 0 Å². The monoisotopic (exact) mass is 304 g/mol. The van der Waals surface area contributed by atoms with Crippen molar-refractivity contribution in [3.63, 3.8) is 0 Å². The minimum atomic E-state index is -0.990. The van der Waals surface area contributed by atoms with Crippen molar-refractivity contribution in [1.82, 2.24) is 10.2 Å². The topological polar surface area (TPSA) is 105 Å². The summed E-state index contributed by atoms with van der Waals surface area (Å²) in [5.74, 6) is -1.51. The van der Waals surface area contributed by atoms with Crippen LogP contribution in [0.4, 0.5) is 4.79 Å². The van der Waals surface area contributed by atoms with Gasteiger partial charge in [-0.15, -0.1) is 0 Å². The van der Waals surface area contributed by atoms with Gasteiger partial charge in [0, 0.05) is 19.7 Å². The van der Waals surface area contributed by atoms with Crippen molar-refractivity contribution in [2.24, 2.45) is 0 Å². The molecule has 0 saturated heterocycles. The summed E-state index contributed by atoms with van der Waals surface area (Å²) in [7, 11) is 1.49. The SMILES string of the molecule is CCOC(=O)CN(CCOC)C(=O)NC(CC)CC(=O)O. The van der Waals surface area contributed by atoms with Crippen molar-refractivity contribution in [3.8, 4) is 0 Å². The Kier molecular flexibility index (Phi) is 9.95. The number of methoxy groups -OCH3 is 1. The summed E-state index contributed by atoms with van der Waals surface area (Å²) in [6, 6.07) is -0.990. The average Bonchev–Trinajstić information content (AvgIpc) is 2.42. The van der Waals surface area contributed by atoms with Crippen molar-refractivity contribution in [2.75, 3.05) is 33.4 Å². The van der Waals surface area contributed by atoms with Gasteiger partial charge < -0.3 is 24.8 Å². The molecule has 8 nitrogen and oxygen atoms in total. The van der Waals surface area contributed by atoms with E-state index in [1.165, 1.54) is 12.0 Å². The maximum atomic E-state index is 12.1. The summed E-state index contributed by atoms with van der Waals surface area (Å²) >= 11 is 0. The molecule has 1 atom stereocenters. The average molecular weight is 304 g/mol. The lowest BCUT2D eigenvalue weighted by Crippen LogP contribution is -2.48. The first kappa shape index (κ1) is 19.2. The van der Waals surface area contributed by atoms with Gasteiger partial charge in [0.05, 0.1) is 19.6 Å². The van der Waals surface area contributed by atoms with Crippen molar-refractivity contribution < 1.29 is 29.0 Å². The Morgan fingerprint density at radius 1 is 1.29 bits per heavy atom. The predicted molar refractivity (Wildman–Crippen MR) is 74.9 cm³/mol. The van der Waals surface area contributed by atoms with Crippen molar-refractivity contribution in [3.05, 3.63) is 0 Å². The van der Waals surface area contributed by atoms with E-state index in [-0.39, 0.29) is 32.7 Å². The maximum Gasteiger partial charge on any atom is 0.325 e. The zero-order valence-electron chi connectivity index (χ0n) is 12.8. The quantitative estimate of drug-likeness (QED) is 0.568. The molecule has 0 spiro atoms. The largest absolute Gasteiger partial charge is 0.481 e. The fraction of sp³-hybridized carbons (Fsp3) is 0.769. The molecule has 1 unspecified atom stereocenters. The van der Waals surface area contributed by atoms with E-state index in [2.05, 4.69) is 5.32 Å². The van der Waals surface area contributed by atoms with Crippen LogP contribution in [-0.4, -0.2) is 67.4 Å². The van der Waals surface area contributed by atoms with Crippen LogP contribution in [0.2, 0.25) is 0 Å². The van der Waals surface area contributed by atoms with Crippen LogP contribution in [-0.2, 0) is 19.1 Å². The number of ether oxygens (including phenoxy) is 2. The number of carboxylic acid groups (broad SMARTS) is 1. The second-order valence-electron chi connectivity index (χ2n) is 4.37. The number of esters is 1. The molecule has 0 bridgehead atoms. The molecule has 0 radical (unpaired) electrons. The van der Waals surface area contributed by atoms with Gasteiger partial charge in [-0.3, -0.25) is 9.59 Å². The van der Waals surface area contributed by atoms with Crippen LogP contribution in [0.5, 0.6) is 0 Å². The number of hydrogen-bond donors (Lipinski definition) is 2. The molecular formula is C13H24N2O6. The Morgan fingerprint density at radius 3 is 2.43 bits per heavy atom. The molecule has 0 saturated carbocycles. The van der Waals surface area contributed by atoms with Gasteiger partial charge >= 0.3 is 18.0 Å². The van der Waals surface area contributed by atoms with E-state index >= 15 is 0 Å². The van der Waals surface area contributed by atoms with E-state index in [1.54, 1.807) is 13.8 Å². The molecule has 0 aromatic carbocycles. The highest BCUT2D eigenvalue weighted by molar-refractivity contribution is 5.81. The van der Waals surface area contributed by atoms with Gasteiger partial charge in [0.1, 0.15) is 6.54 Å². The van der Waals surface area contributed by atoms with E-state index < -0.39 is 24.0 Å². The number of urea groups is 1. The standard InChI is InChI=1S/C13H24N2O6/c1-4-10(8-11(16)17)14-13(19)15(6-7-20-3)9-12(18)21-5-2/h10H,4-9H2,1-3H3,(H,14,19)(H,16,17). The zero-order valence-corrected chi connectivity index (χ0v) is 12.8. The molecule has 0 heterocycles. The van der Waals surface area contributed by atoms with Gasteiger partial charge in [-0.1, -0.05) is 6.92 Å². The van der Waals surface area contributed by atoms with E-state index in [1.807, 2.05) is 0 Å². The smallest absolute Gasteiger partial charge is 0.325 e. The Bertz CT molecular complexity index is 348. The molecule has 0 aliphatic heterocycles. The molecule has 0 rings (SSSR count). The molecule has 2 amide bonds. The van der Waals surface area contributed by atoms with E-state index in [9.17, 15) is 14.4 Å². The molecular weight excluding hydrogens is 280 g/mol. The zero-order chi connectivity index (χ0) is 16.3. The Hall–Kier alpha value is -1.83. The first-order valence-electron chi connectivity index (χ1n) is 6.86. The van der Waals surface area contributed by atoms with E-state index in [0.717, 1.165) is 0 Å². The van der Waals surface area contributed by atoms with Gasteiger partial charge in [-0.2, -0.15) is 0 Å². The third kappa shape index (κ3) is 8.85. The van der Waals surface area contributed by atoms with Crippen LogP contribution >= 0.6 is 0 Å². The van der Waals surface area contributed by atoms with E-state index in [4.69, 9.17) is 14.6 Å². The first-order chi connectivity index (χ1) is 9.94. The molecule has 122 valence electrons. The lowest BCUT2D eigenvalue weighted by atomic mass is 10.1. The third-order valence-electron chi connectivity index (χ3n) is 2.72. The fourth-order valence-corrected chi connectivity index (χ4v) is 1.59. The normalized spacial score (nSPS) is 11.6. The van der Waals surface area contributed by atoms with Crippen LogP contribution < -0.4 is 5.32 Å². The number of carboxylic acids is 1. The number of amides is 2. The summed E-state index contributed by atoms with van der Waals surface area (Å²) in [5, 5.41) is 11.4. The summed E-state index contributed by atoms with van der Waals surface area (Å²) in [6.45, 7) is 3.96. The summed E-state index contributed by atoms with van der Waals surface area (Å²) in [4.78, 5) is 35.5. The molecule has 0 aliphatic rings. The molecule has 0 aromatic rings. The van der Waals surface area contributed by atoms with Gasteiger partial charge in [-0.05, 0) is 13.3 Å². The molecule has 8 heteroatoms. The highest BCUT2D eigenvalue weighted by atomic mass is 16.5. The number of nitrogens with one attached hydrogen (secondary N) is 1. The van der Waals surface area contributed by atoms with Gasteiger partial charge in [0.25, 0.3) is 0 Å². The second-order valence-corrected chi connectivity index (χ2v) is 4.37. The summed E-state index contributed by atoms with van der Waals surface area (Å²) in [6.07, 6.45) is 0.315. The predicted octanol–water partition coefficient (Wildman–Crippen LogP) is 0.461. The van der Waals surface area contributed by atoms with Crippen molar-refractivity contribution >= 4 is 18.0 Å². The number of hydrogen-bond acceptors (Lipinski definition) is 5. The fourth-order valence-electron chi connectivity index (χ4n) is 1.59. The van der Waals surface area contributed by atoms with Gasteiger partial charge in [-0.25, -0.2) is 4.79 Å². The summed E-state index contributed by atoms with van der Waals surface area (Å²) < 4.78 is 9.69. The van der Waals surface area contributed by atoms with Crippen LogP contribution in [0, 0.1) is 0 Å². The minimum absolute atomic E-state index is 0.167. The molecule has 0 aromatic heterocycles. The number of carbonyl (C=O) groups is 3. The second kappa shape index (κ2) is 10.9. The Morgan fingerprint density at radius 2 is 1.95 bits per heavy atom. The first-order valence-corrected chi connectivity index (χ1v) is 6.86. The van der Waals surface area contributed by atoms with Gasteiger partial charge in [0.15, 0.2) is 0 Å². The lowest BCUT2D eigenvalue weighted by molar-refractivity contribution is -0.144. The number of aliphatic carboxylic acids is 1. The molecule has 2 N–H and O–H groups in total. The minimum Gasteiger partial charge on any atom is -0.481 e. The Labute approximate surface area is 124 Å². The van der Waals surface area contributed by atoms with Crippen molar-refractivity contribution in [1.29, 1.82) is 0 Å². The number of nitrogens with zero attached hydrogens (tertiary/aromatic N) is 1. The van der Waals surface area contributed by atoms with Crippen molar-refractivity contribution in [2.45, 2.75) is 32.7 Å². The highest BCUT2D eigenvalue weighted by Gasteiger charge is 2.21. The number of rotatable bonds is 10. The lowest BCUT2D eigenvalue weighted by Gasteiger charge is -2.24. The molecule has 0 fully saturated rings.